The fraction of sp³-hybridized carbons (Fsp3) is 0.150. The number of carbonyl (C=O) groups is 1. The van der Waals surface area contributed by atoms with Crippen molar-refractivity contribution in [3.05, 3.63) is 80.3 Å². The number of aliphatic hydroxyl groups is 1. The number of aromatic nitrogens is 2. The molecule has 1 aromatic heterocycles. The minimum atomic E-state index is -4.96. The molecule has 0 fully saturated rings. The van der Waals surface area contributed by atoms with Crippen LogP contribution in [0.2, 0.25) is 10.0 Å². The molecule has 2 N–H and O–H groups in total. The average molecular weight is 490 g/mol. The van der Waals surface area contributed by atoms with Crippen LogP contribution < -0.4 is 10.9 Å². The first-order valence-corrected chi connectivity index (χ1v) is 9.61. The molecule has 0 bridgehead atoms. The quantitative estimate of drug-likeness (QED) is 0.530. The maximum atomic E-state index is 13.7. The molecule has 0 radical (unpaired) electrons. The molecule has 12 heteroatoms. The van der Waals surface area contributed by atoms with Crippen molar-refractivity contribution in [2.24, 2.45) is 0 Å². The van der Waals surface area contributed by atoms with Crippen LogP contribution in [0.4, 0.5) is 17.6 Å². The fourth-order valence-corrected chi connectivity index (χ4v) is 2.94. The minimum Gasteiger partial charge on any atom is -0.382 e. The molecule has 0 aliphatic heterocycles. The number of aliphatic hydroxyl groups excluding tert-OH is 1. The molecule has 0 saturated carbocycles. The Hall–Kier alpha value is -2.95. The number of nitrogens with zero attached hydrogens (tertiary/aromatic N) is 2. The molecule has 2 aromatic carbocycles. The molecule has 3 rings (SSSR count). The van der Waals surface area contributed by atoms with Gasteiger partial charge in [-0.15, -0.1) is 0 Å². The van der Waals surface area contributed by atoms with E-state index in [1.54, 1.807) is 0 Å². The summed E-state index contributed by atoms with van der Waals surface area (Å²) in [5.74, 6) is -1.87. The first-order chi connectivity index (χ1) is 15.0. The number of hydrogen-bond acceptors (Lipinski definition) is 4. The molecule has 0 aliphatic rings. The standard InChI is InChI=1S/C20H13Cl2F4N3O3/c21-14-5-4-10(6-15(14)22)16-8-13(18(31)27-9-17(30)20(24,25)26)19(32)29(28-16)12-3-1-2-11(23)7-12/h1-8,17,30H,9H2,(H,27,31)/t17-/m0/s1. The molecule has 0 unspecified atom stereocenters. The highest BCUT2D eigenvalue weighted by atomic mass is 35.5. The Kier molecular flexibility index (Phi) is 6.87. The maximum Gasteiger partial charge on any atom is 0.416 e. The van der Waals surface area contributed by atoms with Crippen molar-refractivity contribution in [3.63, 3.8) is 0 Å². The van der Waals surface area contributed by atoms with E-state index in [0.717, 1.165) is 22.9 Å². The van der Waals surface area contributed by atoms with Crippen molar-refractivity contribution < 1.29 is 27.5 Å². The van der Waals surface area contributed by atoms with Crippen LogP contribution in [0.1, 0.15) is 10.4 Å². The molecule has 1 atom stereocenters. The lowest BCUT2D eigenvalue weighted by molar-refractivity contribution is -0.201. The summed E-state index contributed by atoms with van der Waals surface area (Å²) in [6.07, 6.45) is -7.79. The molecule has 6 nitrogen and oxygen atoms in total. The predicted octanol–water partition coefficient (Wildman–Crippen LogP) is 4.00. The van der Waals surface area contributed by atoms with Gasteiger partial charge in [-0.25, -0.2) is 4.39 Å². The maximum absolute atomic E-state index is 13.7. The van der Waals surface area contributed by atoms with Crippen LogP contribution in [0, 0.1) is 5.82 Å². The number of hydrogen-bond donors (Lipinski definition) is 2. The lowest BCUT2D eigenvalue weighted by Crippen LogP contribution is -2.42. The van der Waals surface area contributed by atoms with Crippen LogP contribution >= 0.6 is 23.2 Å². The number of carbonyl (C=O) groups excluding carboxylic acids is 1. The Morgan fingerprint density at radius 2 is 1.84 bits per heavy atom. The number of nitrogens with one attached hydrogen (secondary N) is 1. The average Bonchev–Trinajstić information content (AvgIpc) is 2.73. The van der Waals surface area contributed by atoms with Crippen LogP contribution in [0.15, 0.2) is 53.3 Å². The second kappa shape index (κ2) is 9.27. The third-order valence-electron chi connectivity index (χ3n) is 4.26. The van der Waals surface area contributed by atoms with E-state index in [-0.39, 0.29) is 21.4 Å². The number of halogens is 6. The number of benzene rings is 2. The zero-order chi connectivity index (χ0) is 23.6. The summed E-state index contributed by atoms with van der Waals surface area (Å²) in [7, 11) is 0. The lowest BCUT2D eigenvalue weighted by atomic mass is 10.1. The Morgan fingerprint density at radius 1 is 1.12 bits per heavy atom. The van der Waals surface area contributed by atoms with Gasteiger partial charge in [0.15, 0.2) is 6.10 Å². The van der Waals surface area contributed by atoms with Gasteiger partial charge in [-0.2, -0.15) is 23.0 Å². The Morgan fingerprint density at radius 3 is 2.47 bits per heavy atom. The normalized spacial score (nSPS) is 12.5. The van der Waals surface area contributed by atoms with Gasteiger partial charge in [0, 0.05) is 5.56 Å². The largest absolute Gasteiger partial charge is 0.416 e. The van der Waals surface area contributed by atoms with Crippen LogP contribution in [-0.4, -0.2) is 39.6 Å². The van der Waals surface area contributed by atoms with Crippen molar-refractivity contribution in [3.8, 4) is 16.9 Å². The molecular formula is C20H13Cl2F4N3O3. The molecule has 0 spiro atoms. The van der Waals surface area contributed by atoms with Crippen molar-refractivity contribution in [1.82, 2.24) is 15.1 Å². The van der Waals surface area contributed by atoms with E-state index in [0.29, 0.717) is 5.56 Å². The van der Waals surface area contributed by atoms with Crippen LogP contribution in [0.25, 0.3) is 16.9 Å². The SMILES string of the molecule is O=C(NC[C@H](O)C(F)(F)F)c1cc(-c2ccc(Cl)c(Cl)c2)nn(-c2cccc(F)c2)c1=O. The van der Waals surface area contributed by atoms with Crippen molar-refractivity contribution in [2.75, 3.05) is 6.54 Å². The van der Waals surface area contributed by atoms with E-state index in [1.807, 2.05) is 5.32 Å². The second-order valence-electron chi connectivity index (χ2n) is 6.54. The van der Waals surface area contributed by atoms with Gasteiger partial charge in [0.2, 0.25) is 0 Å². The van der Waals surface area contributed by atoms with E-state index in [2.05, 4.69) is 5.10 Å². The van der Waals surface area contributed by atoms with Gasteiger partial charge in [0.1, 0.15) is 11.4 Å². The highest BCUT2D eigenvalue weighted by Gasteiger charge is 2.38. The summed E-state index contributed by atoms with van der Waals surface area (Å²) in [4.78, 5) is 25.4. The minimum absolute atomic E-state index is 0.0266. The first-order valence-electron chi connectivity index (χ1n) is 8.86. The van der Waals surface area contributed by atoms with Crippen LogP contribution in [0.3, 0.4) is 0 Å². The molecule has 1 heterocycles. The third kappa shape index (κ3) is 5.26. The molecule has 0 aliphatic carbocycles. The third-order valence-corrected chi connectivity index (χ3v) is 5.00. The van der Waals surface area contributed by atoms with Crippen molar-refractivity contribution in [1.29, 1.82) is 0 Å². The number of amides is 1. The van der Waals surface area contributed by atoms with E-state index < -0.39 is 41.7 Å². The fourth-order valence-electron chi connectivity index (χ4n) is 2.64. The van der Waals surface area contributed by atoms with Crippen LogP contribution in [-0.2, 0) is 0 Å². The summed E-state index contributed by atoms with van der Waals surface area (Å²) in [5, 5.41) is 15.5. The highest BCUT2D eigenvalue weighted by molar-refractivity contribution is 6.42. The molecule has 168 valence electrons. The van der Waals surface area contributed by atoms with Gasteiger partial charge >= 0.3 is 6.18 Å². The lowest BCUT2D eigenvalue weighted by Gasteiger charge is -2.15. The van der Waals surface area contributed by atoms with Gasteiger partial charge in [0.25, 0.3) is 11.5 Å². The van der Waals surface area contributed by atoms with E-state index in [1.165, 1.54) is 30.3 Å². The van der Waals surface area contributed by atoms with Gasteiger partial charge in [-0.1, -0.05) is 35.3 Å². The van der Waals surface area contributed by atoms with Gasteiger partial charge in [0.05, 0.1) is 28.0 Å². The van der Waals surface area contributed by atoms with Crippen molar-refractivity contribution in [2.45, 2.75) is 12.3 Å². The zero-order valence-corrected chi connectivity index (χ0v) is 17.3. The topological polar surface area (TPSA) is 84.2 Å². The molecule has 3 aromatic rings. The molecule has 1 amide bonds. The Labute approximate surface area is 188 Å². The summed E-state index contributed by atoms with van der Waals surface area (Å²) in [6, 6.07) is 10.2. The first kappa shape index (κ1) is 23.7. The number of alkyl halides is 3. The predicted molar refractivity (Wildman–Crippen MR) is 110 cm³/mol. The van der Waals surface area contributed by atoms with E-state index in [4.69, 9.17) is 28.3 Å². The molecule has 32 heavy (non-hydrogen) atoms. The highest BCUT2D eigenvalue weighted by Crippen LogP contribution is 2.28. The number of rotatable bonds is 5. The second-order valence-corrected chi connectivity index (χ2v) is 7.35. The van der Waals surface area contributed by atoms with E-state index in [9.17, 15) is 27.2 Å². The monoisotopic (exact) mass is 489 g/mol. The summed E-state index contributed by atoms with van der Waals surface area (Å²) >= 11 is 11.9. The molecule has 0 saturated heterocycles. The van der Waals surface area contributed by atoms with Gasteiger partial charge in [-0.3, -0.25) is 9.59 Å². The Balaban J connectivity index is 2.11. The Bertz CT molecular complexity index is 1230. The zero-order valence-electron chi connectivity index (χ0n) is 15.8. The smallest absolute Gasteiger partial charge is 0.382 e. The summed E-state index contributed by atoms with van der Waals surface area (Å²) < 4.78 is 52.0. The summed E-state index contributed by atoms with van der Waals surface area (Å²) in [5.41, 5.74) is -1.26. The summed E-state index contributed by atoms with van der Waals surface area (Å²) in [6.45, 7) is -1.17. The van der Waals surface area contributed by atoms with Crippen LogP contribution in [0.5, 0.6) is 0 Å². The van der Waals surface area contributed by atoms with E-state index >= 15 is 0 Å². The van der Waals surface area contributed by atoms with Crippen molar-refractivity contribution >= 4 is 29.1 Å². The van der Waals surface area contributed by atoms with Gasteiger partial charge < -0.3 is 10.4 Å². The molecular weight excluding hydrogens is 477 g/mol. The van der Waals surface area contributed by atoms with Gasteiger partial charge in [-0.05, 0) is 36.4 Å².